The Morgan fingerprint density at radius 3 is 2.61 bits per heavy atom. The summed E-state index contributed by atoms with van der Waals surface area (Å²) < 4.78 is 5.53. The number of aromatic nitrogens is 2. The lowest BCUT2D eigenvalue weighted by Crippen LogP contribution is -2.31. The molecule has 1 aromatic rings. The molecule has 0 aliphatic rings. The van der Waals surface area contributed by atoms with Crippen LogP contribution in [0.5, 0.6) is 5.88 Å². The summed E-state index contributed by atoms with van der Waals surface area (Å²) in [6, 6.07) is 1.95. The first-order valence-electron chi connectivity index (χ1n) is 6.47. The van der Waals surface area contributed by atoms with Crippen LogP contribution in [0.4, 0.5) is 5.95 Å². The zero-order chi connectivity index (χ0) is 13.5. The fourth-order valence-corrected chi connectivity index (χ4v) is 1.68. The maximum atomic E-state index is 5.74. The van der Waals surface area contributed by atoms with Gasteiger partial charge in [-0.15, -0.1) is 0 Å². The Hall–Kier alpha value is -1.36. The summed E-state index contributed by atoms with van der Waals surface area (Å²) in [5, 5.41) is 3.25. The molecule has 0 bridgehead atoms. The van der Waals surface area contributed by atoms with Crippen LogP contribution in [0.25, 0.3) is 0 Å². The molecule has 5 heteroatoms. The lowest BCUT2D eigenvalue weighted by Gasteiger charge is -2.19. The van der Waals surface area contributed by atoms with Crippen LogP contribution in [0.1, 0.15) is 34.1 Å². The quantitative estimate of drug-likeness (QED) is 0.777. The van der Waals surface area contributed by atoms with E-state index in [0.717, 1.165) is 6.42 Å². The van der Waals surface area contributed by atoms with Crippen LogP contribution in [-0.4, -0.2) is 28.7 Å². The molecular formula is C13H24N4O. The van der Waals surface area contributed by atoms with E-state index >= 15 is 0 Å². The number of ether oxygens (including phenoxy) is 1. The van der Waals surface area contributed by atoms with Gasteiger partial charge < -0.3 is 15.8 Å². The van der Waals surface area contributed by atoms with Crippen molar-refractivity contribution in [3.8, 4) is 5.88 Å². The van der Waals surface area contributed by atoms with E-state index in [2.05, 4.69) is 29.1 Å². The van der Waals surface area contributed by atoms with Gasteiger partial charge in [0, 0.05) is 24.8 Å². The normalized spacial score (nSPS) is 12.8. The summed E-state index contributed by atoms with van der Waals surface area (Å²) in [6.45, 7) is 8.84. The average molecular weight is 252 g/mol. The van der Waals surface area contributed by atoms with Crippen molar-refractivity contribution in [3.63, 3.8) is 0 Å². The minimum atomic E-state index is 0.105. The third kappa shape index (κ3) is 5.31. The molecule has 1 rings (SSSR count). The zero-order valence-corrected chi connectivity index (χ0v) is 11.7. The lowest BCUT2D eigenvalue weighted by molar-refractivity contribution is 0.232. The second kappa shape index (κ2) is 7.16. The molecule has 1 atom stereocenters. The second-order valence-electron chi connectivity index (χ2n) is 5.09. The van der Waals surface area contributed by atoms with Gasteiger partial charge in [-0.2, -0.15) is 4.98 Å². The number of anilines is 1. The summed E-state index contributed by atoms with van der Waals surface area (Å²) in [5.74, 6) is 1.74. The maximum Gasteiger partial charge on any atom is 0.226 e. The summed E-state index contributed by atoms with van der Waals surface area (Å²) in [4.78, 5) is 8.49. The standard InChI is InChI=1S/C13H24N4O/c1-9(2)7-11(8-14)16-13-15-6-5-12(17-13)18-10(3)4/h5-6,9-11H,7-8,14H2,1-4H3,(H,15,16,17). The summed E-state index contributed by atoms with van der Waals surface area (Å²) >= 11 is 0. The molecule has 0 aliphatic carbocycles. The monoisotopic (exact) mass is 252 g/mol. The molecule has 1 heterocycles. The van der Waals surface area contributed by atoms with E-state index in [4.69, 9.17) is 10.5 Å². The maximum absolute atomic E-state index is 5.74. The molecule has 0 aromatic carbocycles. The van der Waals surface area contributed by atoms with E-state index in [-0.39, 0.29) is 12.1 Å². The summed E-state index contributed by atoms with van der Waals surface area (Å²) in [6.07, 6.45) is 2.79. The summed E-state index contributed by atoms with van der Waals surface area (Å²) in [5.41, 5.74) is 5.74. The SMILES string of the molecule is CC(C)CC(CN)Nc1nccc(OC(C)C)n1. The van der Waals surface area contributed by atoms with Crippen LogP contribution in [0.3, 0.4) is 0 Å². The number of nitrogens with two attached hydrogens (primary N) is 1. The molecule has 3 N–H and O–H groups in total. The fourth-order valence-electron chi connectivity index (χ4n) is 1.68. The molecule has 0 fully saturated rings. The highest BCUT2D eigenvalue weighted by molar-refractivity contribution is 5.29. The zero-order valence-electron chi connectivity index (χ0n) is 11.7. The number of rotatable bonds is 7. The first-order valence-corrected chi connectivity index (χ1v) is 6.47. The van der Waals surface area contributed by atoms with E-state index in [1.54, 1.807) is 12.3 Å². The van der Waals surface area contributed by atoms with Crippen LogP contribution >= 0.6 is 0 Å². The van der Waals surface area contributed by atoms with Gasteiger partial charge in [-0.1, -0.05) is 13.8 Å². The van der Waals surface area contributed by atoms with Gasteiger partial charge in [0.2, 0.25) is 11.8 Å². The van der Waals surface area contributed by atoms with Gasteiger partial charge in [0.15, 0.2) is 0 Å². The highest BCUT2D eigenvalue weighted by atomic mass is 16.5. The summed E-state index contributed by atoms with van der Waals surface area (Å²) in [7, 11) is 0. The van der Waals surface area contributed by atoms with Crippen molar-refractivity contribution in [1.29, 1.82) is 0 Å². The topological polar surface area (TPSA) is 73.1 Å². The van der Waals surface area contributed by atoms with Gasteiger partial charge in [0.05, 0.1) is 6.10 Å². The van der Waals surface area contributed by atoms with Crippen LogP contribution in [0.2, 0.25) is 0 Å². The minimum absolute atomic E-state index is 0.105. The van der Waals surface area contributed by atoms with Gasteiger partial charge in [-0.25, -0.2) is 4.98 Å². The van der Waals surface area contributed by atoms with Crippen molar-refractivity contribution in [3.05, 3.63) is 12.3 Å². The highest BCUT2D eigenvalue weighted by Crippen LogP contribution is 2.13. The Bertz CT molecular complexity index is 355. The van der Waals surface area contributed by atoms with E-state index in [9.17, 15) is 0 Å². The predicted molar refractivity (Wildman–Crippen MR) is 73.7 cm³/mol. The van der Waals surface area contributed by atoms with Gasteiger partial charge >= 0.3 is 0 Å². The molecule has 5 nitrogen and oxygen atoms in total. The van der Waals surface area contributed by atoms with Gasteiger partial charge in [-0.3, -0.25) is 0 Å². The van der Waals surface area contributed by atoms with Crippen LogP contribution in [0.15, 0.2) is 12.3 Å². The third-order valence-corrected chi connectivity index (χ3v) is 2.36. The van der Waals surface area contributed by atoms with Crippen molar-refractivity contribution in [2.45, 2.75) is 46.3 Å². The van der Waals surface area contributed by atoms with E-state index in [0.29, 0.717) is 24.3 Å². The van der Waals surface area contributed by atoms with Gasteiger partial charge in [-0.05, 0) is 26.2 Å². The Labute approximate surface area is 109 Å². The van der Waals surface area contributed by atoms with E-state index < -0.39 is 0 Å². The van der Waals surface area contributed by atoms with E-state index in [1.807, 2.05) is 13.8 Å². The fraction of sp³-hybridized carbons (Fsp3) is 0.692. The molecule has 0 saturated heterocycles. The molecule has 18 heavy (non-hydrogen) atoms. The van der Waals surface area contributed by atoms with Crippen LogP contribution in [0, 0.1) is 5.92 Å². The number of nitrogens with zero attached hydrogens (tertiary/aromatic N) is 2. The molecule has 102 valence electrons. The molecule has 0 amide bonds. The number of hydrogen-bond acceptors (Lipinski definition) is 5. The predicted octanol–water partition coefficient (Wildman–Crippen LogP) is 2.05. The van der Waals surface area contributed by atoms with Gasteiger partial charge in [0.25, 0.3) is 0 Å². The molecule has 1 unspecified atom stereocenters. The van der Waals surface area contributed by atoms with Crippen molar-refractivity contribution in [2.75, 3.05) is 11.9 Å². The highest BCUT2D eigenvalue weighted by Gasteiger charge is 2.11. The van der Waals surface area contributed by atoms with Crippen molar-refractivity contribution in [1.82, 2.24) is 9.97 Å². The largest absolute Gasteiger partial charge is 0.475 e. The molecule has 0 aliphatic heterocycles. The molecular weight excluding hydrogens is 228 g/mol. The Morgan fingerprint density at radius 1 is 1.33 bits per heavy atom. The van der Waals surface area contributed by atoms with Crippen LogP contribution in [-0.2, 0) is 0 Å². The molecule has 1 aromatic heterocycles. The second-order valence-corrected chi connectivity index (χ2v) is 5.09. The van der Waals surface area contributed by atoms with E-state index in [1.165, 1.54) is 0 Å². The average Bonchev–Trinajstić information content (AvgIpc) is 2.27. The number of hydrogen-bond donors (Lipinski definition) is 2. The molecule has 0 spiro atoms. The van der Waals surface area contributed by atoms with Crippen molar-refractivity contribution >= 4 is 5.95 Å². The lowest BCUT2D eigenvalue weighted by atomic mass is 10.0. The molecule has 0 saturated carbocycles. The molecule has 0 radical (unpaired) electrons. The van der Waals surface area contributed by atoms with Gasteiger partial charge in [0.1, 0.15) is 0 Å². The Morgan fingerprint density at radius 2 is 2.06 bits per heavy atom. The Balaban J connectivity index is 2.65. The third-order valence-electron chi connectivity index (χ3n) is 2.36. The van der Waals surface area contributed by atoms with Crippen molar-refractivity contribution < 1.29 is 4.74 Å². The smallest absolute Gasteiger partial charge is 0.226 e. The van der Waals surface area contributed by atoms with Crippen LogP contribution < -0.4 is 15.8 Å². The number of nitrogens with one attached hydrogen (secondary N) is 1. The van der Waals surface area contributed by atoms with Crippen molar-refractivity contribution in [2.24, 2.45) is 11.7 Å². The Kier molecular flexibility index (Phi) is 5.85. The minimum Gasteiger partial charge on any atom is -0.475 e. The first kappa shape index (κ1) is 14.7. The first-order chi connectivity index (χ1) is 8.51.